The third-order valence-electron chi connectivity index (χ3n) is 3.40. The smallest absolute Gasteiger partial charge is 0.199 e. The monoisotopic (exact) mass is 234 g/mol. The zero-order valence-corrected chi connectivity index (χ0v) is 10.7. The number of rotatable bonds is 4. The normalized spacial score (nSPS) is 12.3. The van der Waals surface area contributed by atoms with Gasteiger partial charge in [-0.3, -0.25) is 4.98 Å². The van der Waals surface area contributed by atoms with Crippen LogP contribution in [0, 0.1) is 11.3 Å². The Balaban J connectivity index is 2.17. The van der Waals surface area contributed by atoms with Crippen LogP contribution in [0.15, 0.2) is 12.4 Å². The lowest BCUT2D eigenvalue weighted by atomic mass is 9.81. The van der Waals surface area contributed by atoms with Gasteiger partial charge in [0.2, 0.25) is 0 Å². The van der Waals surface area contributed by atoms with Gasteiger partial charge in [-0.2, -0.15) is 4.52 Å². The molecule has 17 heavy (non-hydrogen) atoms. The molecule has 0 unspecified atom stereocenters. The second-order valence-electron chi connectivity index (χ2n) is 5.24. The lowest BCUT2D eigenvalue weighted by Crippen LogP contribution is -2.29. The number of hydrogen-bond donors (Lipinski definition) is 1. The third kappa shape index (κ3) is 2.35. The summed E-state index contributed by atoms with van der Waals surface area (Å²) < 4.78 is 1.66. The van der Waals surface area contributed by atoms with E-state index >= 15 is 0 Å². The zero-order chi connectivity index (χ0) is 12.5. The van der Waals surface area contributed by atoms with Gasteiger partial charge in [0.15, 0.2) is 5.65 Å². The van der Waals surface area contributed by atoms with Crippen LogP contribution in [-0.4, -0.2) is 31.6 Å². The Labute approximate surface area is 100 Å². The summed E-state index contributed by atoms with van der Waals surface area (Å²) in [5, 5.41) is 14.8. The molecule has 2 aromatic rings. The second-order valence-corrected chi connectivity index (χ2v) is 5.24. The van der Waals surface area contributed by atoms with Gasteiger partial charge in [0.05, 0.1) is 12.4 Å². The maximum Gasteiger partial charge on any atom is 0.199 e. The SMILES string of the molecule is CC(C)C(C)(C)CNc1cncc2nnnn12. The van der Waals surface area contributed by atoms with Gasteiger partial charge < -0.3 is 5.32 Å². The number of nitrogens with one attached hydrogen (secondary N) is 1. The summed E-state index contributed by atoms with van der Waals surface area (Å²) >= 11 is 0. The number of hydrogen-bond acceptors (Lipinski definition) is 5. The fourth-order valence-electron chi connectivity index (χ4n) is 1.32. The van der Waals surface area contributed by atoms with Crippen LogP contribution >= 0.6 is 0 Å². The summed E-state index contributed by atoms with van der Waals surface area (Å²) in [7, 11) is 0. The maximum absolute atomic E-state index is 4.10. The molecule has 1 N–H and O–H groups in total. The van der Waals surface area contributed by atoms with Crippen LogP contribution in [0.2, 0.25) is 0 Å². The lowest BCUT2D eigenvalue weighted by Gasteiger charge is -2.29. The molecular formula is C11H18N6. The molecule has 0 aliphatic heterocycles. The Morgan fingerprint density at radius 2 is 2.12 bits per heavy atom. The first kappa shape index (κ1) is 11.8. The van der Waals surface area contributed by atoms with Crippen molar-refractivity contribution in [3.8, 4) is 0 Å². The molecule has 0 saturated carbocycles. The molecule has 0 aliphatic rings. The van der Waals surface area contributed by atoms with Gasteiger partial charge in [-0.05, 0) is 21.8 Å². The first-order chi connectivity index (χ1) is 8.00. The molecule has 0 bridgehead atoms. The summed E-state index contributed by atoms with van der Waals surface area (Å²) in [6, 6.07) is 0. The molecule has 0 spiro atoms. The zero-order valence-electron chi connectivity index (χ0n) is 10.7. The number of tetrazole rings is 1. The van der Waals surface area contributed by atoms with Gasteiger partial charge in [-0.1, -0.05) is 27.7 Å². The van der Waals surface area contributed by atoms with Gasteiger partial charge in [-0.25, -0.2) is 0 Å². The molecule has 2 rings (SSSR count). The number of nitrogens with zero attached hydrogens (tertiary/aromatic N) is 5. The van der Waals surface area contributed by atoms with Crippen molar-refractivity contribution in [2.24, 2.45) is 11.3 Å². The molecule has 6 heteroatoms. The van der Waals surface area contributed by atoms with Crippen LogP contribution < -0.4 is 5.32 Å². The molecular weight excluding hydrogens is 216 g/mol. The van der Waals surface area contributed by atoms with Crippen molar-refractivity contribution in [3.63, 3.8) is 0 Å². The van der Waals surface area contributed by atoms with E-state index in [2.05, 4.69) is 53.5 Å². The highest BCUT2D eigenvalue weighted by Crippen LogP contribution is 2.26. The van der Waals surface area contributed by atoms with E-state index in [0.29, 0.717) is 11.6 Å². The average molecular weight is 234 g/mol. The summed E-state index contributed by atoms with van der Waals surface area (Å²) in [6.07, 6.45) is 3.37. The summed E-state index contributed by atoms with van der Waals surface area (Å²) in [5.41, 5.74) is 0.855. The van der Waals surface area contributed by atoms with E-state index in [4.69, 9.17) is 0 Å². The molecule has 0 saturated heterocycles. The highest BCUT2D eigenvalue weighted by Gasteiger charge is 2.22. The molecule has 0 fully saturated rings. The fraction of sp³-hybridized carbons (Fsp3) is 0.636. The fourth-order valence-corrected chi connectivity index (χ4v) is 1.32. The van der Waals surface area contributed by atoms with Crippen molar-refractivity contribution in [2.45, 2.75) is 27.7 Å². The van der Waals surface area contributed by atoms with Gasteiger partial charge >= 0.3 is 0 Å². The van der Waals surface area contributed by atoms with Crippen LogP contribution in [0.1, 0.15) is 27.7 Å². The predicted octanol–water partition coefficient (Wildman–Crippen LogP) is 1.61. The van der Waals surface area contributed by atoms with Crippen LogP contribution in [0.25, 0.3) is 5.65 Å². The average Bonchev–Trinajstić information content (AvgIpc) is 2.74. The van der Waals surface area contributed by atoms with Gasteiger partial charge in [0.1, 0.15) is 5.82 Å². The minimum Gasteiger partial charge on any atom is -0.368 e. The van der Waals surface area contributed by atoms with Crippen molar-refractivity contribution < 1.29 is 0 Å². The van der Waals surface area contributed by atoms with E-state index < -0.39 is 0 Å². The van der Waals surface area contributed by atoms with Gasteiger partial charge in [-0.15, -0.1) is 5.10 Å². The topological polar surface area (TPSA) is 68.0 Å². The minimum atomic E-state index is 0.205. The molecule has 0 aromatic carbocycles. The Bertz CT molecular complexity index is 501. The second kappa shape index (κ2) is 4.27. The Hall–Kier alpha value is -1.72. The molecule has 2 aromatic heterocycles. The minimum absolute atomic E-state index is 0.205. The molecule has 6 nitrogen and oxygen atoms in total. The Morgan fingerprint density at radius 1 is 1.35 bits per heavy atom. The highest BCUT2D eigenvalue weighted by molar-refractivity contribution is 5.43. The van der Waals surface area contributed by atoms with Crippen molar-refractivity contribution in [3.05, 3.63) is 12.4 Å². The Kier molecular flexibility index (Phi) is 2.95. The highest BCUT2D eigenvalue weighted by atomic mass is 15.5. The van der Waals surface area contributed by atoms with Gasteiger partial charge in [0, 0.05) is 6.54 Å². The van der Waals surface area contributed by atoms with Crippen LogP contribution in [0.4, 0.5) is 5.82 Å². The molecule has 0 radical (unpaired) electrons. The van der Waals surface area contributed by atoms with Gasteiger partial charge in [0.25, 0.3) is 0 Å². The Morgan fingerprint density at radius 3 is 2.82 bits per heavy atom. The van der Waals surface area contributed by atoms with Crippen molar-refractivity contribution in [1.29, 1.82) is 0 Å². The summed E-state index contributed by atoms with van der Waals surface area (Å²) in [6.45, 7) is 9.76. The van der Waals surface area contributed by atoms with Crippen molar-refractivity contribution >= 4 is 11.5 Å². The molecule has 0 atom stereocenters. The van der Waals surface area contributed by atoms with Crippen LogP contribution in [-0.2, 0) is 0 Å². The first-order valence-electron chi connectivity index (χ1n) is 5.77. The van der Waals surface area contributed by atoms with Crippen molar-refractivity contribution in [1.82, 2.24) is 25.0 Å². The van der Waals surface area contributed by atoms with Crippen molar-refractivity contribution in [2.75, 3.05) is 11.9 Å². The largest absolute Gasteiger partial charge is 0.368 e. The molecule has 0 amide bonds. The third-order valence-corrected chi connectivity index (χ3v) is 3.40. The van der Waals surface area contributed by atoms with E-state index in [1.54, 1.807) is 16.9 Å². The summed E-state index contributed by atoms with van der Waals surface area (Å²) in [5.74, 6) is 1.41. The number of anilines is 1. The number of aromatic nitrogens is 5. The standard InChI is InChI=1S/C11H18N6/c1-8(2)11(3,4)7-13-9-5-12-6-10-14-15-16-17(9)10/h5-6,8,13H,7H2,1-4H3. The van der Waals surface area contributed by atoms with E-state index in [1.807, 2.05) is 0 Å². The lowest BCUT2D eigenvalue weighted by molar-refractivity contribution is 0.269. The quantitative estimate of drug-likeness (QED) is 0.870. The summed E-state index contributed by atoms with van der Waals surface area (Å²) in [4.78, 5) is 4.10. The van der Waals surface area contributed by atoms with E-state index in [0.717, 1.165) is 12.4 Å². The van der Waals surface area contributed by atoms with Crippen LogP contribution in [0.5, 0.6) is 0 Å². The number of fused-ring (bicyclic) bond motifs is 1. The molecule has 2 heterocycles. The maximum atomic E-state index is 4.10. The van der Waals surface area contributed by atoms with E-state index in [9.17, 15) is 0 Å². The van der Waals surface area contributed by atoms with E-state index in [-0.39, 0.29) is 5.41 Å². The molecule has 0 aliphatic carbocycles. The predicted molar refractivity (Wildman–Crippen MR) is 65.7 cm³/mol. The van der Waals surface area contributed by atoms with E-state index in [1.165, 1.54) is 0 Å². The molecule has 92 valence electrons. The first-order valence-corrected chi connectivity index (χ1v) is 5.77. The van der Waals surface area contributed by atoms with Crippen LogP contribution in [0.3, 0.4) is 0 Å².